The Bertz CT molecular complexity index is 1200. The van der Waals surface area contributed by atoms with Crippen molar-refractivity contribution in [1.82, 2.24) is 14.9 Å². The monoisotopic (exact) mass is 534 g/mol. The van der Waals surface area contributed by atoms with Crippen LogP contribution in [0.25, 0.3) is 0 Å². The van der Waals surface area contributed by atoms with E-state index >= 15 is 0 Å². The number of fused-ring (bicyclic) bond motifs is 3. The molecule has 4 aliphatic rings. The molecule has 1 saturated carbocycles. The SMILES string of the molecule is OC1(c2ccc(Cl)c(C(F)(F)F)c2)CCN(CC2CCC(C3N=NN4C=Nc5[nH]ccc5C34)CC2)CC1. The maximum atomic E-state index is 13.3. The Morgan fingerprint density at radius 3 is 2.59 bits per heavy atom. The summed E-state index contributed by atoms with van der Waals surface area (Å²) in [6, 6.07) is 6.09. The van der Waals surface area contributed by atoms with E-state index in [4.69, 9.17) is 11.6 Å². The second-order valence-electron chi connectivity index (χ2n) is 10.9. The van der Waals surface area contributed by atoms with Crippen molar-refractivity contribution in [2.75, 3.05) is 19.6 Å². The maximum absolute atomic E-state index is 13.3. The van der Waals surface area contributed by atoms with Crippen LogP contribution in [0.3, 0.4) is 0 Å². The minimum Gasteiger partial charge on any atom is -0.385 e. The molecule has 198 valence electrons. The molecule has 7 nitrogen and oxygen atoms in total. The lowest BCUT2D eigenvalue weighted by Crippen LogP contribution is -2.45. The molecule has 1 aromatic heterocycles. The minimum absolute atomic E-state index is 0.116. The van der Waals surface area contributed by atoms with E-state index in [9.17, 15) is 18.3 Å². The van der Waals surface area contributed by atoms with Crippen molar-refractivity contribution in [2.45, 2.75) is 62.4 Å². The number of aliphatic hydroxyl groups is 1. The van der Waals surface area contributed by atoms with E-state index in [2.05, 4.69) is 31.3 Å². The molecule has 2 N–H and O–H groups in total. The highest BCUT2D eigenvalue weighted by atomic mass is 35.5. The van der Waals surface area contributed by atoms with E-state index in [0.29, 0.717) is 43.3 Å². The van der Waals surface area contributed by atoms with Crippen LogP contribution in [-0.2, 0) is 11.8 Å². The van der Waals surface area contributed by atoms with Crippen LogP contribution in [0, 0.1) is 11.8 Å². The predicted molar refractivity (Wildman–Crippen MR) is 134 cm³/mol. The van der Waals surface area contributed by atoms with Crippen LogP contribution in [0.2, 0.25) is 5.02 Å². The highest BCUT2D eigenvalue weighted by molar-refractivity contribution is 6.31. The quantitative estimate of drug-likeness (QED) is 0.487. The van der Waals surface area contributed by atoms with Crippen molar-refractivity contribution in [3.63, 3.8) is 0 Å². The molecule has 2 unspecified atom stereocenters. The molecular weight excluding hydrogens is 505 g/mol. The number of likely N-dealkylation sites (tertiary alicyclic amines) is 1. The van der Waals surface area contributed by atoms with Gasteiger partial charge in [0, 0.05) is 31.4 Å². The number of halogens is 4. The third-order valence-electron chi connectivity index (χ3n) is 8.66. The molecule has 37 heavy (non-hydrogen) atoms. The summed E-state index contributed by atoms with van der Waals surface area (Å²) in [6.45, 7) is 2.27. The van der Waals surface area contributed by atoms with Crippen LogP contribution in [-0.4, -0.2) is 52.0 Å². The van der Waals surface area contributed by atoms with Crippen LogP contribution in [0.5, 0.6) is 0 Å². The number of rotatable bonds is 4. The van der Waals surface area contributed by atoms with Gasteiger partial charge in [0.15, 0.2) is 0 Å². The van der Waals surface area contributed by atoms with E-state index in [1.54, 1.807) is 6.34 Å². The number of H-pyrrole nitrogens is 1. The molecule has 0 spiro atoms. The van der Waals surface area contributed by atoms with Crippen LogP contribution >= 0.6 is 11.6 Å². The minimum atomic E-state index is -4.55. The lowest BCUT2D eigenvalue weighted by Gasteiger charge is -2.41. The smallest absolute Gasteiger partial charge is 0.385 e. The molecule has 2 aromatic rings. The number of aromatic nitrogens is 1. The Morgan fingerprint density at radius 1 is 1.11 bits per heavy atom. The molecule has 1 saturated heterocycles. The first-order valence-electron chi connectivity index (χ1n) is 12.9. The fourth-order valence-corrected chi connectivity index (χ4v) is 6.74. The summed E-state index contributed by atoms with van der Waals surface area (Å²) in [5.41, 5.74) is -0.707. The lowest BCUT2D eigenvalue weighted by molar-refractivity contribution is -0.137. The van der Waals surface area contributed by atoms with Gasteiger partial charge in [-0.3, -0.25) is 0 Å². The molecule has 1 aromatic carbocycles. The summed E-state index contributed by atoms with van der Waals surface area (Å²) in [4.78, 5) is 9.95. The summed E-state index contributed by atoms with van der Waals surface area (Å²) >= 11 is 5.77. The van der Waals surface area contributed by atoms with E-state index in [0.717, 1.165) is 49.7 Å². The van der Waals surface area contributed by atoms with Crippen molar-refractivity contribution >= 4 is 23.8 Å². The third kappa shape index (κ3) is 4.68. The van der Waals surface area contributed by atoms with Gasteiger partial charge in [-0.1, -0.05) is 22.9 Å². The Hall–Kier alpha value is -2.43. The molecule has 11 heteroatoms. The van der Waals surface area contributed by atoms with E-state index in [1.807, 2.05) is 11.2 Å². The van der Waals surface area contributed by atoms with Gasteiger partial charge in [-0.05, 0) is 74.1 Å². The van der Waals surface area contributed by atoms with Crippen LogP contribution in [0.15, 0.2) is 45.8 Å². The van der Waals surface area contributed by atoms with Gasteiger partial charge in [0.2, 0.25) is 0 Å². The van der Waals surface area contributed by atoms with Crippen molar-refractivity contribution < 1.29 is 18.3 Å². The molecule has 1 aliphatic carbocycles. The van der Waals surface area contributed by atoms with E-state index in [-0.39, 0.29) is 17.1 Å². The van der Waals surface area contributed by atoms with Gasteiger partial charge in [-0.2, -0.15) is 18.3 Å². The van der Waals surface area contributed by atoms with Crippen molar-refractivity contribution in [3.8, 4) is 0 Å². The number of hydrogen-bond acceptors (Lipinski definition) is 6. The first kappa shape index (κ1) is 24.9. The predicted octanol–water partition coefficient (Wildman–Crippen LogP) is 6.24. The lowest BCUT2D eigenvalue weighted by atomic mass is 9.75. The van der Waals surface area contributed by atoms with E-state index < -0.39 is 17.3 Å². The maximum Gasteiger partial charge on any atom is 0.417 e. The number of hydrogen-bond donors (Lipinski definition) is 2. The van der Waals surface area contributed by atoms with E-state index in [1.165, 1.54) is 12.1 Å². The second kappa shape index (κ2) is 9.39. The van der Waals surface area contributed by atoms with Gasteiger partial charge < -0.3 is 15.0 Å². The van der Waals surface area contributed by atoms with Gasteiger partial charge in [0.1, 0.15) is 24.2 Å². The summed E-state index contributed by atoms with van der Waals surface area (Å²) in [6.07, 6.45) is 4.36. The molecule has 2 atom stereocenters. The Morgan fingerprint density at radius 2 is 1.86 bits per heavy atom. The number of nitrogens with one attached hydrogen (secondary N) is 1. The summed E-state index contributed by atoms with van der Waals surface area (Å²) in [7, 11) is 0. The molecule has 0 amide bonds. The second-order valence-corrected chi connectivity index (χ2v) is 11.3. The van der Waals surface area contributed by atoms with Gasteiger partial charge >= 0.3 is 6.18 Å². The van der Waals surface area contributed by atoms with Crippen LogP contribution in [0.1, 0.15) is 61.3 Å². The Kier molecular flexibility index (Phi) is 6.32. The number of aromatic amines is 1. The highest BCUT2D eigenvalue weighted by Gasteiger charge is 2.43. The summed E-state index contributed by atoms with van der Waals surface area (Å²) < 4.78 is 39.9. The topological polar surface area (TPSA) is 79.6 Å². The zero-order valence-corrected chi connectivity index (χ0v) is 21.1. The molecule has 2 fully saturated rings. The number of benzene rings is 1. The van der Waals surface area contributed by atoms with Gasteiger partial charge in [0.05, 0.1) is 16.2 Å². The first-order valence-corrected chi connectivity index (χ1v) is 13.3. The third-order valence-corrected chi connectivity index (χ3v) is 8.99. The van der Waals surface area contributed by atoms with Crippen molar-refractivity contribution in [3.05, 3.63) is 52.2 Å². The fraction of sp³-hybridized carbons (Fsp3) is 0.577. The number of alkyl halides is 3. The standard InChI is InChI=1S/C26H30ClF3N6O/c27-21-6-5-18(13-20(21)26(28,29)30)25(37)8-11-35(12-9-25)14-16-1-3-17(4-2-16)22-23-19-7-10-31-24(19)32-15-36(23)34-33-22/h5-7,10,13,15-17,22-23,31,37H,1-4,8-9,11-12,14H2. The molecular formula is C26H30ClF3N6O. The highest BCUT2D eigenvalue weighted by Crippen LogP contribution is 2.46. The van der Waals surface area contributed by atoms with Crippen molar-refractivity contribution in [2.24, 2.45) is 27.2 Å². The van der Waals surface area contributed by atoms with Gasteiger partial charge in [0.25, 0.3) is 0 Å². The first-order chi connectivity index (χ1) is 17.7. The van der Waals surface area contributed by atoms with Gasteiger partial charge in [-0.25, -0.2) is 10.0 Å². The Labute approximate surface area is 218 Å². The zero-order chi connectivity index (χ0) is 25.8. The molecule has 3 aliphatic heterocycles. The summed E-state index contributed by atoms with van der Waals surface area (Å²) in [5.74, 6) is 1.94. The largest absolute Gasteiger partial charge is 0.417 e. The van der Waals surface area contributed by atoms with Crippen LogP contribution < -0.4 is 0 Å². The average molecular weight is 535 g/mol. The molecule has 4 heterocycles. The normalized spacial score (nSPS) is 29.4. The Balaban J connectivity index is 1.02. The zero-order valence-electron chi connectivity index (χ0n) is 20.3. The number of nitrogens with zero attached hydrogens (tertiary/aromatic N) is 5. The average Bonchev–Trinajstić information content (AvgIpc) is 3.52. The molecule has 0 bridgehead atoms. The number of piperidine rings is 1. The molecule has 6 rings (SSSR count). The molecule has 0 radical (unpaired) electrons. The fourth-order valence-electron chi connectivity index (χ4n) is 6.51. The van der Waals surface area contributed by atoms with Crippen LogP contribution in [0.4, 0.5) is 19.0 Å². The summed E-state index contributed by atoms with van der Waals surface area (Å²) in [5, 5.41) is 21.7. The van der Waals surface area contributed by atoms with Gasteiger partial charge in [-0.15, -0.1) is 0 Å². The number of aliphatic imine (C=N–C) groups is 1. The van der Waals surface area contributed by atoms with Crippen molar-refractivity contribution in [1.29, 1.82) is 0 Å².